The maximum atomic E-state index is 14.8. The minimum absolute atomic E-state index is 0.0119. The average molecular weight is 770 g/mol. The van der Waals surface area contributed by atoms with E-state index in [4.69, 9.17) is 4.74 Å². The zero-order valence-corrected chi connectivity index (χ0v) is 33.4. The Balaban J connectivity index is 0.991. The predicted octanol–water partition coefficient (Wildman–Crippen LogP) is 5.60. The van der Waals surface area contributed by atoms with Gasteiger partial charge in [-0.2, -0.15) is 0 Å². The van der Waals surface area contributed by atoms with Gasteiger partial charge >= 0.3 is 6.03 Å². The Labute approximate surface area is 332 Å². The number of urea groups is 1. The highest BCUT2D eigenvalue weighted by Gasteiger charge is 2.70. The molecule has 11 heteroatoms. The van der Waals surface area contributed by atoms with Gasteiger partial charge in [-0.15, -0.1) is 6.58 Å². The van der Waals surface area contributed by atoms with Crippen LogP contribution in [0, 0.1) is 40.9 Å². The van der Waals surface area contributed by atoms with Crippen LogP contribution in [-0.2, 0) is 30.5 Å². The number of carbonyl (C=O) groups excluding carboxylic acids is 5. The summed E-state index contributed by atoms with van der Waals surface area (Å²) in [5, 5.41) is 12.2. The Morgan fingerprint density at radius 3 is 2.27 bits per heavy atom. The molecule has 304 valence electrons. The van der Waals surface area contributed by atoms with E-state index >= 15 is 0 Å². The Kier molecular flexibility index (Phi) is 12.4. The second-order valence-corrected chi connectivity index (χ2v) is 18.5. The fourth-order valence-corrected chi connectivity index (χ4v) is 11.7. The van der Waals surface area contributed by atoms with Crippen LogP contribution < -0.4 is 21.3 Å². The molecule has 11 nitrogen and oxygen atoms in total. The first kappa shape index (κ1) is 40.2. The molecule has 1 aliphatic heterocycles. The van der Waals surface area contributed by atoms with Gasteiger partial charge in [0.1, 0.15) is 12.1 Å². The fourth-order valence-electron chi connectivity index (χ4n) is 11.7. The maximum absolute atomic E-state index is 14.8. The number of benzene rings is 1. The molecule has 0 aromatic heterocycles. The number of carbonyl (C=O) groups is 5. The third kappa shape index (κ3) is 8.93. The lowest BCUT2D eigenvalue weighted by Gasteiger charge is -2.56. The van der Waals surface area contributed by atoms with Crippen LogP contribution in [0.4, 0.5) is 4.79 Å². The van der Waals surface area contributed by atoms with Crippen LogP contribution in [0.2, 0.25) is 0 Å². The summed E-state index contributed by atoms with van der Waals surface area (Å²) in [7, 11) is 0. The molecule has 5 amide bonds. The molecular weight excluding hydrogens is 707 g/mol. The van der Waals surface area contributed by atoms with Crippen molar-refractivity contribution in [3.63, 3.8) is 0 Å². The van der Waals surface area contributed by atoms with Crippen LogP contribution in [0.1, 0.15) is 103 Å². The van der Waals surface area contributed by atoms with Crippen LogP contribution in [0.3, 0.4) is 0 Å². The number of hydrogen-bond donors (Lipinski definition) is 4. The van der Waals surface area contributed by atoms with E-state index in [2.05, 4.69) is 41.7 Å². The van der Waals surface area contributed by atoms with Crippen LogP contribution in [0.25, 0.3) is 0 Å². The molecule has 1 aromatic rings. The van der Waals surface area contributed by atoms with Crippen LogP contribution in [0.5, 0.6) is 0 Å². The SMILES string of the molecule is C=CCC[C@@H](NC(=O)[C@@H]1[C@@H]2C(CN1C(=O)[C@@H](NC(=O)NC13CC4CC(CC(C4)C1)C3)C1CCCCC1)C2(C)C)C(=O)C(=O)NCC=CCOCc1ccccc1. The standard InChI is InChI=1S/C45H63N5O6/c1-4-5-18-35(39(51)41(53)46-19-12-13-20-56-28-29-14-8-6-9-15-29)47-40(52)38-36-34(44(36,2)3)27-50(38)42(54)37(33-16-10-7-11-17-33)48-43(55)49-45-24-30-21-31(25-45)23-32(22-30)26-45/h4,6,8-9,12-15,30-38H,1,5,7,10-11,16-28H2,2-3H3,(H,46,53)(H,47,52)(H2,48,49,55)/t30?,31?,32?,34?,35-,36+,37+,38+,45?/m1/s1. The Hall–Kier alpha value is -3.99. The zero-order valence-electron chi connectivity index (χ0n) is 33.4. The van der Waals surface area contributed by atoms with E-state index in [-0.39, 0.29) is 53.6 Å². The summed E-state index contributed by atoms with van der Waals surface area (Å²) >= 11 is 0. The van der Waals surface area contributed by atoms with Gasteiger partial charge in [-0.1, -0.05) is 81.7 Å². The molecule has 4 bridgehead atoms. The minimum Gasteiger partial charge on any atom is -0.373 e. The molecule has 1 heterocycles. The van der Waals surface area contributed by atoms with E-state index in [0.29, 0.717) is 43.9 Å². The molecule has 1 saturated heterocycles. The van der Waals surface area contributed by atoms with Crippen LogP contribution in [0.15, 0.2) is 55.1 Å². The van der Waals surface area contributed by atoms with E-state index in [1.165, 1.54) is 19.3 Å². The number of likely N-dealkylation sites (tertiary alicyclic amines) is 1. The molecule has 7 fully saturated rings. The first-order chi connectivity index (χ1) is 27.0. The number of amides is 5. The van der Waals surface area contributed by atoms with Gasteiger partial charge in [0.05, 0.1) is 19.3 Å². The van der Waals surface area contributed by atoms with Crippen LogP contribution >= 0.6 is 0 Å². The minimum atomic E-state index is -1.07. The summed E-state index contributed by atoms with van der Waals surface area (Å²) in [4.78, 5) is 71.3. The van der Waals surface area contributed by atoms with Crippen molar-refractivity contribution in [2.45, 2.75) is 128 Å². The van der Waals surface area contributed by atoms with Gasteiger partial charge in [-0.05, 0) is 111 Å². The van der Waals surface area contributed by atoms with Gasteiger partial charge in [0, 0.05) is 18.6 Å². The summed E-state index contributed by atoms with van der Waals surface area (Å²) in [5.41, 5.74) is 0.721. The number of piperidine rings is 1. The van der Waals surface area contributed by atoms with Crippen molar-refractivity contribution < 1.29 is 28.7 Å². The number of allylic oxidation sites excluding steroid dienone is 1. The maximum Gasteiger partial charge on any atom is 0.315 e. The molecule has 6 aliphatic carbocycles. The first-order valence-corrected chi connectivity index (χ1v) is 21.4. The molecule has 1 aromatic carbocycles. The molecule has 7 aliphatic rings. The highest BCUT2D eigenvalue weighted by atomic mass is 16.5. The van der Waals surface area contributed by atoms with E-state index in [9.17, 15) is 24.0 Å². The highest BCUT2D eigenvalue weighted by molar-refractivity contribution is 6.38. The number of ketones is 1. The van der Waals surface area contributed by atoms with E-state index in [1.54, 1.807) is 23.1 Å². The lowest BCUT2D eigenvalue weighted by molar-refractivity contribution is -0.144. The van der Waals surface area contributed by atoms with Crippen molar-refractivity contribution in [3.8, 4) is 0 Å². The smallest absolute Gasteiger partial charge is 0.315 e. The number of nitrogens with zero attached hydrogens (tertiary/aromatic N) is 1. The molecule has 6 saturated carbocycles. The topological polar surface area (TPSA) is 146 Å². The molecule has 5 atom stereocenters. The van der Waals surface area contributed by atoms with E-state index in [1.807, 2.05) is 30.3 Å². The third-order valence-electron chi connectivity index (χ3n) is 14.2. The monoisotopic (exact) mass is 769 g/mol. The van der Waals surface area contributed by atoms with Gasteiger partial charge < -0.3 is 30.9 Å². The Morgan fingerprint density at radius 1 is 0.929 bits per heavy atom. The summed E-state index contributed by atoms with van der Waals surface area (Å²) in [6.45, 7) is 9.40. The first-order valence-electron chi connectivity index (χ1n) is 21.4. The van der Waals surface area contributed by atoms with Crippen molar-refractivity contribution >= 4 is 29.5 Å². The molecule has 0 radical (unpaired) electrons. The van der Waals surface area contributed by atoms with Crippen LogP contribution in [-0.4, -0.2) is 77.8 Å². The number of nitrogens with one attached hydrogen (secondary N) is 4. The number of Topliss-reactive ketones (excluding diaryl/α,β-unsaturated/α-hetero) is 1. The third-order valence-corrected chi connectivity index (χ3v) is 14.2. The molecule has 1 unspecified atom stereocenters. The van der Waals surface area contributed by atoms with Gasteiger partial charge in [0.15, 0.2) is 0 Å². The zero-order chi connectivity index (χ0) is 39.5. The van der Waals surface area contributed by atoms with Crippen molar-refractivity contribution in [2.75, 3.05) is 19.7 Å². The molecular formula is C45H63N5O6. The normalized spacial score (nSPS) is 30.9. The highest BCUT2D eigenvalue weighted by Crippen LogP contribution is 2.65. The lowest BCUT2D eigenvalue weighted by atomic mass is 9.53. The number of rotatable bonds is 17. The van der Waals surface area contributed by atoms with E-state index < -0.39 is 35.7 Å². The summed E-state index contributed by atoms with van der Waals surface area (Å²) in [6, 6.07) is 6.95. The van der Waals surface area contributed by atoms with Gasteiger partial charge in [0.2, 0.25) is 17.6 Å². The van der Waals surface area contributed by atoms with Crippen molar-refractivity contribution in [2.24, 2.45) is 40.9 Å². The largest absolute Gasteiger partial charge is 0.373 e. The molecule has 0 spiro atoms. The quantitative estimate of drug-likeness (QED) is 0.0924. The summed E-state index contributed by atoms with van der Waals surface area (Å²) in [6.07, 6.45) is 17.5. The van der Waals surface area contributed by atoms with Gasteiger partial charge in [-0.25, -0.2) is 4.79 Å². The second kappa shape index (κ2) is 17.2. The van der Waals surface area contributed by atoms with Gasteiger partial charge in [-0.3, -0.25) is 19.2 Å². The van der Waals surface area contributed by atoms with E-state index in [0.717, 1.165) is 56.9 Å². The summed E-state index contributed by atoms with van der Waals surface area (Å²) in [5.74, 6) is -0.104. The second-order valence-electron chi connectivity index (χ2n) is 18.5. The lowest BCUT2D eigenvalue weighted by Crippen LogP contribution is -2.64. The Morgan fingerprint density at radius 2 is 1.61 bits per heavy atom. The number of hydrogen-bond acceptors (Lipinski definition) is 6. The number of ether oxygens (including phenoxy) is 1. The summed E-state index contributed by atoms with van der Waals surface area (Å²) < 4.78 is 5.64. The molecule has 56 heavy (non-hydrogen) atoms. The molecule has 8 rings (SSSR count). The average Bonchev–Trinajstić information content (AvgIpc) is 3.46. The predicted molar refractivity (Wildman–Crippen MR) is 214 cm³/mol. The van der Waals surface area contributed by atoms with Crippen molar-refractivity contribution in [1.29, 1.82) is 0 Å². The number of fused-ring (bicyclic) bond motifs is 1. The molecule has 4 N–H and O–H groups in total. The van der Waals surface area contributed by atoms with Crippen molar-refractivity contribution in [3.05, 3.63) is 60.7 Å². The van der Waals surface area contributed by atoms with Gasteiger partial charge in [0.25, 0.3) is 5.91 Å². The fraction of sp³-hybridized carbons (Fsp3) is 0.667. The Bertz CT molecular complexity index is 1620. The van der Waals surface area contributed by atoms with Crippen molar-refractivity contribution in [1.82, 2.24) is 26.2 Å².